The highest BCUT2D eigenvalue weighted by atomic mass is 16.3. The number of amides is 3. The number of β-amino-alcohol motifs (C(OH)–C–C–N with tert-alkyl or cyclic N) is 1. The summed E-state index contributed by atoms with van der Waals surface area (Å²) >= 11 is 0. The number of nitrogens with two attached hydrogens (primary N) is 1. The molecule has 0 bridgehead atoms. The molecule has 1 aromatic rings. The van der Waals surface area contributed by atoms with Crippen LogP contribution in [0, 0.1) is 0 Å². The second-order valence-corrected chi connectivity index (χ2v) is 7.56. The number of aliphatic hydroxyl groups excluding tert-OH is 1. The van der Waals surface area contributed by atoms with Crippen molar-refractivity contribution in [1.82, 2.24) is 15.1 Å². The van der Waals surface area contributed by atoms with Crippen molar-refractivity contribution in [3.05, 3.63) is 34.9 Å². The van der Waals surface area contributed by atoms with Crippen molar-refractivity contribution in [2.45, 2.75) is 50.5 Å². The number of aliphatic hydroxyl groups is 1. The number of hydrogen-bond donors (Lipinski definition) is 3. The first-order chi connectivity index (χ1) is 13.0. The topological polar surface area (TPSA) is 116 Å². The molecule has 0 aliphatic carbocycles. The molecule has 4 rings (SSSR count). The first kappa shape index (κ1) is 18.1. The van der Waals surface area contributed by atoms with Crippen molar-refractivity contribution in [3.63, 3.8) is 0 Å². The molecule has 0 spiro atoms. The number of piperidine rings is 1. The van der Waals surface area contributed by atoms with E-state index in [0.29, 0.717) is 44.6 Å². The Morgan fingerprint density at radius 2 is 2.07 bits per heavy atom. The number of fused-ring (bicyclic) bond motifs is 1. The molecule has 3 amide bonds. The summed E-state index contributed by atoms with van der Waals surface area (Å²) in [5.74, 6) is -0.861. The summed E-state index contributed by atoms with van der Waals surface area (Å²) in [7, 11) is 0. The van der Waals surface area contributed by atoms with Gasteiger partial charge in [0.05, 0.1) is 6.10 Å². The zero-order valence-corrected chi connectivity index (χ0v) is 15.1. The number of rotatable bonds is 4. The van der Waals surface area contributed by atoms with E-state index in [4.69, 9.17) is 5.73 Å². The van der Waals surface area contributed by atoms with Crippen LogP contribution < -0.4 is 11.1 Å². The van der Waals surface area contributed by atoms with Gasteiger partial charge >= 0.3 is 0 Å². The first-order valence-corrected chi connectivity index (χ1v) is 9.35. The summed E-state index contributed by atoms with van der Waals surface area (Å²) in [4.78, 5) is 40.4. The number of imide groups is 1. The largest absolute Gasteiger partial charge is 0.392 e. The van der Waals surface area contributed by atoms with Crippen LogP contribution in [0.3, 0.4) is 0 Å². The molecular formula is C19H24N4O4. The summed E-state index contributed by atoms with van der Waals surface area (Å²) in [6.45, 7) is 1.91. The van der Waals surface area contributed by atoms with E-state index in [-0.39, 0.29) is 24.3 Å². The number of hydrogen-bond acceptors (Lipinski definition) is 6. The van der Waals surface area contributed by atoms with Crippen LogP contribution in [0.2, 0.25) is 0 Å². The van der Waals surface area contributed by atoms with Crippen LogP contribution in [0.25, 0.3) is 0 Å². The van der Waals surface area contributed by atoms with E-state index in [1.165, 1.54) is 0 Å². The average molecular weight is 372 g/mol. The van der Waals surface area contributed by atoms with E-state index in [2.05, 4.69) is 10.2 Å². The Bertz CT molecular complexity index is 796. The van der Waals surface area contributed by atoms with Gasteiger partial charge in [-0.3, -0.25) is 24.6 Å². The maximum Gasteiger partial charge on any atom is 0.255 e. The standard InChI is InChI=1S/C19H24N4O4/c20-7-13-6-14(24)10-22(13)8-11-2-1-3-12-9-23(19(27)17(11)12)15-4-5-16(25)21-18(15)26/h1-3,13-15,24H,4-10,20H2,(H,21,25,26)/t13-,14+,15?/m0/s1. The van der Waals surface area contributed by atoms with Gasteiger partial charge in [0.15, 0.2) is 0 Å². The van der Waals surface area contributed by atoms with E-state index >= 15 is 0 Å². The molecule has 2 saturated heterocycles. The van der Waals surface area contributed by atoms with Crippen molar-refractivity contribution >= 4 is 17.7 Å². The van der Waals surface area contributed by atoms with E-state index in [1.54, 1.807) is 4.90 Å². The summed E-state index contributed by atoms with van der Waals surface area (Å²) in [5, 5.41) is 12.3. The number of carbonyl (C=O) groups is 3. The van der Waals surface area contributed by atoms with Crippen molar-refractivity contribution in [1.29, 1.82) is 0 Å². The molecular weight excluding hydrogens is 348 g/mol. The Kier molecular flexibility index (Phi) is 4.71. The van der Waals surface area contributed by atoms with Crippen LogP contribution in [-0.4, -0.2) is 63.9 Å². The molecule has 3 heterocycles. The van der Waals surface area contributed by atoms with E-state index in [9.17, 15) is 19.5 Å². The van der Waals surface area contributed by atoms with Gasteiger partial charge in [0.1, 0.15) is 6.04 Å². The first-order valence-electron chi connectivity index (χ1n) is 9.35. The minimum Gasteiger partial charge on any atom is -0.392 e. The Labute approximate surface area is 157 Å². The molecule has 144 valence electrons. The van der Waals surface area contributed by atoms with Gasteiger partial charge in [0.2, 0.25) is 11.8 Å². The zero-order valence-electron chi connectivity index (χ0n) is 15.1. The van der Waals surface area contributed by atoms with Crippen LogP contribution in [0.5, 0.6) is 0 Å². The number of nitrogens with zero attached hydrogens (tertiary/aromatic N) is 2. The third-order valence-electron chi connectivity index (χ3n) is 5.79. The molecule has 4 N–H and O–H groups in total. The Balaban J connectivity index is 1.57. The lowest BCUT2D eigenvalue weighted by Gasteiger charge is -2.29. The molecule has 8 nitrogen and oxygen atoms in total. The molecule has 3 aliphatic rings. The minimum atomic E-state index is -0.610. The van der Waals surface area contributed by atoms with Crippen molar-refractivity contribution in [3.8, 4) is 0 Å². The summed E-state index contributed by atoms with van der Waals surface area (Å²) < 4.78 is 0. The quantitative estimate of drug-likeness (QED) is 0.605. The lowest BCUT2D eigenvalue weighted by molar-refractivity contribution is -0.136. The van der Waals surface area contributed by atoms with E-state index in [0.717, 1.165) is 11.1 Å². The normalized spacial score (nSPS) is 28.6. The lowest BCUT2D eigenvalue weighted by atomic mass is 10.0. The highest BCUT2D eigenvalue weighted by Gasteiger charge is 2.40. The second kappa shape index (κ2) is 7.03. The predicted molar refractivity (Wildman–Crippen MR) is 96.4 cm³/mol. The summed E-state index contributed by atoms with van der Waals surface area (Å²) in [5.41, 5.74) is 8.25. The highest BCUT2D eigenvalue weighted by Crippen LogP contribution is 2.31. The molecule has 3 atom stereocenters. The summed E-state index contributed by atoms with van der Waals surface area (Å²) in [6, 6.07) is 5.23. The SMILES string of the molecule is NC[C@@H]1C[C@@H](O)CN1Cc1cccc2c1C(=O)N(C1CCC(=O)NC1=O)C2. The molecule has 3 aliphatic heterocycles. The van der Waals surface area contributed by atoms with Crippen LogP contribution in [0.15, 0.2) is 18.2 Å². The lowest BCUT2D eigenvalue weighted by Crippen LogP contribution is -2.52. The van der Waals surface area contributed by atoms with Crippen LogP contribution in [0.4, 0.5) is 0 Å². The fourth-order valence-electron chi connectivity index (χ4n) is 4.44. The maximum atomic E-state index is 13.1. The van der Waals surface area contributed by atoms with Gasteiger partial charge in [0.25, 0.3) is 5.91 Å². The van der Waals surface area contributed by atoms with Crippen molar-refractivity contribution in [2.24, 2.45) is 5.73 Å². The van der Waals surface area contributed by atoms with Crippen LogP contribution in [0.1, 0.15) is 40.7 Å². The third kappa shape index (κ3) is 3.24. The van der Waals surface area contributed by atoms with Gasteiger partial charge in [-0.25, -0.2) is 0 Å². The van der Waals surface area contributed by atoms with Crippen molar-refractivity contribution in [2.75, 3.05) is 13.1 Å². The Morgan fingerprint density at radius 1 is 1.26 bits per heavy atom. The molecule has 1 unspecified atom stereocenters. The summed E-state index contributed by atoms with van der Waals surface area (Å²) in [6.07, 6.45) is 0.841. The van der Waals surface area contributed by atoms with E-state index in [1.807, 2.05) is 18.2 Å². The highest BCUT2D eigenvalue weighted by molar-refractivity contribution is 6.05. The molecule has 8 heteroatoms. The van der Waals surface area contributed by atoms with Crippen LogP contribution in [-0.2, 0) is 22.7 Å². The number of carbonyl (C=O) groups excluding carboxylic acids is 3. The van der Waals surface area contributed by atoms with Gasteiger partial charge in [-0.1, -0.05) is 18.2 Å². The van der Waals surface area contributed by atoms with Gasteiger partial charge in [-0.15, -0.1) is 0 Å². The van der Waals surface area contributed by atoms with Gasteiger partial charge < -0.3 is 15.7 Å². The average Bonchev–Trinajstić information content (AvgIpc) is 3.15. The number of likely N-dealkylation sites (tertiary alicyclic amines) is 1. The predicted octanol–water partition coefficient (Wildman–Crippen LogP) is -0.658. The molecule has 0 saturated carbocycles. The Hall–Kier alpha value is -2.29. The molecule has 2 fully saturated rings. The van der Waals surface area contributed by atoms with Gasteiger partial charge in [-0.2, -0.15) is 0 Å². The van der Waals surface area contributed by atoms with Crippen molar-refractivity contribution < 1.29 is 19.5 Å². The fourth-order valence-corrected chi connectivity index (χ4v) is 4.44. The fraction of sp³-hybridized carbons (Fsp3) is 0.526. The van der Waals surface area contributed by atoms with E-state index < -0.39 is 18.1 Å². The number of benzene rings is 1. The zero-order chi connectivity index (χ0) is 19.1. The van der Waals surface area contributed by atoms with Crippen LogP contribution >= 0.6 is 0 Å². The minimum absolute atomic E-state index is 0.0959. The Morgan fingerprint density at radius 3 is 2.81 bits per heavy atom. The van der Waals surface area contributed by atoms with Gasteiger partial charge in [-0.05, 0) is 24.0 Å². The third-order valence-corrected chi connectivity index (χ3v) is 5.79. The molecule has 0 aromatic heterocycles. The smallest absolute Gasteiger partial charge is 0.255 e. The number of nitrogens with one attached hydrogen (secondary N) is 1. The molecule has 1 aromatic carbocycles. The monoisotopic (exact) mass is 372 g/mol. The molecule has 27 heavy (non-hydrogen) atoms. The second-order valence-electron chi connectivity index (χ2n) is 7.56. The molecule has 0 radical (unpaired) electrons. The maximum absolute atomic E-state index is 13.1. The van der Waals surface area contributed by atoms with Gasteiger partial charge in [0, 0.05) is 44.2 Å².